The van der Waals surface area contributed by atoms with Gasteiger partial charge in [-0.2, -0.15) is 5.10 Å². The molecule has 0 bridgehead atoms. The van der Waals surface area contributed by atoms with Gasteiger partial charge in [0, 0.05) is 26.2 Å². The Balaban J connectivity index is 2.15. The van der Waals surface area contributed by atoms with Crippen LogP contribution in [0.4, 0.5) is 0 Å². The molecule has 0 unspecified atom stereocenters. The van der Waals surface area contributed by atoms with E-state index in [-0.39, 0.29) is 24.6 Å². The lowest BCUT2D eigenvalue weighted by Gasteiger charge is -2.20. The highest BCUT2D eigenvalue weighted by atomic mass is 16.2. The van der Waals surface area contributed by atoms with Crippen molar-refractivity contribution in [1.82, 2.24) is 23.8 Å². The molecule has 0 fully saturated rings. The fourth-order valence-corrected chi connectivity index (χ4v) is 3.83. The van der Waals surface area contributed by atoms with E-state index in [1.165, 1.54) is 9.13 Å². The van der Waals surface area contributed by atoms with Crippen molar-refractivity contribution in [1.29, 1.82) is 0 Å². The molecule has 2 heterocycles. The first-order valence-electron chi connectivity index (χ1n) is 10.4. The molecule has 0 saturated carbocycles. The fraction of sp³-hybridized carbons (Fsp3) is 0.455. The minimum Gasteiger partial charge on any atom is -0.342 e. The SMILES string of the molecule is CCN(CC)C(=O)Cn1c(=O)n(CCc2ccccc2)c(=O)c2c1c(C)nn2CC. The highest BCUT2D eigenvalue weighted by Gasteiger charge is 2.22. The minimum absolute atomic E-state index is 0.112. The van der Waals surface area contributed by atoms with Crippen LogP contribution in [0.15, 0.2) is 39.9 Å². The van der Waals surface area contributed by atoms with Gasteiger partial charge in [0.2, 0.25) is 5.91 Å². The van der Waals surface area contributed by atoms with Crippen molar-refractivity contribution in [3.05, 3.63) is 62.4 Å². The summed E-state index contributed by atoms with van der Waals surface area (Å²) in [6.07, 6.45) is 0.546. The molecule has 0 aliphatic carbocycles. The normalized spacial score (nSPS) is 11.2. The second-order valence-corrected chi connectivity index (χ2v) is 7.23. The summed E-state index contributed by atoms with van der Waals surface area (Å²) in [4.78, 5) is 41.0. The molecule has 0 saturated heterocycles. The Hall–Kier alpha value is -3.16. The number of hydrogen-bond donors (Lipinski definition) is 0. The van der Waals surface area contributed by atoms with Gasteiger partial charge in [-0.1, -0.05) is 30.3 Å². The van der Waals surface area contributed by atoms with E-state index in [9.17, 15) is 14.4 Å². The van der Waals surface area contributed by atoms with Gasteiger partial charge in [0.15, 0.2) is 5.52 Å². The van der Waals surface area contributed by atoms with E-state index in [1.807, 2.05) is 51.1 Å². The van der Waals surface area contributed by atoms with Crippen molar-refractivity contribution < 1.29 is 4.79 Å². The average Bonchev–Trinajstić information content (AvgIpc) is 3.09. The van der Waals surface area contributed by atoms with Crippen molar-refractivity contribution in [3.8, 4) is 0 Å². The van der Waals surface area contributed by atoms with Gasteiger partial charge in [-0.3, -0.25) is 23.4 Å². The number of hydrogen-bond acceptors (Lipinski definition) is 4. The fourth-order valence-electron chi connectivity index (χ4n) is 3.83. The summed E-state index contributed by atoms with van der Waals surface area (Å²) in [5.41, 5.74) is 1.60. The highest BCUT2D eigenvalue weighted by Crippen LogP contribution is 2.14. The third kappa shape index (κ3) is 3.94. The standard InChI is InChI=1S/C22H29N5O3/c1-5-24(6-2)18(28)15-26-19-16(4)23-27(7-3)20(19)21(29)25(22(26)30)14-13-17-11-9-8-10-12-17/h8-12H,5-7,13-15H2,1-4H3. The number of carbonyl (C=O) groups is 1. The second kappa shape index (κ2) is 9.11. The van der Waals surface area contributed by atoms with Gasteiger partial charge in [0.1, 0.15) is 12.1 Å². The molecular formula is C22H29N5O3. The van der Waals surface area contributed by atoms with Gasteiger partial charge < -0.3 is 4.90 Å². The average molecular weight is 412 g/mol. The van der Waals surface area contributed by atoms with Crippen LogP contribution in [0.2, 0.25) is 0 Å². The van der Waals surface area contributed by atoms with Gasteiger partial charge in [-0.15, -0.1) is 0 Å². The van der Waals surface area contributed by atoms with Crippen LogP contribution in [0.25, 0.3) is 11.0 Å². The molecule has 0 N–H and O–H groups in total. The number of benzene rings is 1. The van der Waals surface area contributed by atoms with E-state index in [2.05, 4.69) is 5.10 Å². The van der Waals surface area contributed by atoms with Crippen LogP contribution in [0.5, 0.6) is 0 Å². The molecule has 3 aromatic rings. The lowest BCUT2D eigenvalue weighted by atomic mass is 10.1. The summed E-state index contributed by atoms with van der Waals surface area (Å²) in [7, 11) is 0. The number of likely N-dealkylation sites (N-methyl/N-ethyl adjacent to an activating group) is 1. The molecule has 8 heteroatoms. The summed E-state index contributed by atoms with van der Waals surface area (Å²) in [6, 6.07) is 9.71. The largest absolute Gasteiger partial charge is 0.342 e. The van der Waals surface area contributed by atoms with Crippen LogP contribution in [0.3, 0.4) is 0 Å². The Morgan fingerprint density at radius 2 is 1.67 bits per heavy atom. The highest BCUT2D eigenvalue weighted by molar-refractivity contribution is 5.81. The molecule has 0 aliphatic rings. The van der Waals surface area contributed by atoms with Crippen LogP contribution < -0.4 is 11.2 Å². The van der Waals surface area contributed by atoms with E-state index >= 15 is 0 Å². The van der Waals surface area contributed by atoms with Crippen LogP contribution in [-0.4, -0.2) is 42.8 Å². The number of rotatable bonds is 8. The zero-order valence-corrected chi connectivity index (χ0v) is 18.1. The van der Waals surface area contributed by atoms with Crippen LogP contribution >= 0.6 is 0 Å². The maximum absolute atomic E-state index is 13.3. The first kappa shape index (κ1) is 21.5. The number of nitrogens with zero attached hydrogens (tertiary/aromatic N) is 5. The van der Waals surface area contributed by atoms with Crippen molar-refractivity contribution in [2.75, 3.05) is 13.1 Å². The first-order chi connectivity index (χ1) is 14.4. The smallest absolute Gasteiger partial charge is 0.332 e. The molecule has 0 spiro atoms. The molecule has 1 aromatic carbocycles. The monoisotopic (exact) mass is 411 g/mol. The Labute approximate surface area is 175 Å². The molecule has 0 aliphatic heterocycles. The molecule has 160 valence electrons. The predicted molar refractivity (Wildman–Crippen MR) is 117 cm³/mol. The van der Waals surface area contributed by atoms with E-state index < -0.39 is 5.69 Å². The summed E-state index contributed by atoms with van der Waals surface area (Å²) in [5.74, 6) is -0.152. The number of aromatic nitrogens is 4. The molecule has 3 rings (SSSR count). The van der Waals surface area contributed by atoms with Gasteiger partial charge in [0.05, 0.1) is 5.69 Å². The van der Waals surface area contributed by atoms with E-state index in [0.717, 1.165) is 5.56 Å². The Morgan fingerprint density at radius 1 is 1.00 bits per heavy atom. The van der Waals surface area contributed by atoms with Crippen molar-refractivity contribution in [2.24, 2.45) is 0 Å². The molecule has 30 heavy (non-hydrogen) atoms. The first-order valence-corrected chi connectivity index (χ1v) is 10.4. The van der Waals surface area contributed by atoms with Gasteiger partial charge in [-0.05, 0) is 39.7 Å². The van der Waals surface area contributed by atoms with Crippen molar-refractivity contribution >= 4 is 16.9 Å². The number of amides is 1. The molecule has 1 amide bonds. The van der Waals surface area contributed by atoms with Crippen LogP contribution in [0, 0.1) is 6.92 Å². The van der Waals surface area contributed by atoms with E-state index in [4.69, 9.17) is 0 Å². The van der Waals surface area contributed by atoms with Gasteiger partial charge >= 0.3 is 5.69 Å². The second-order valence-electron chi connectivity index (χ2n) is 7.23. The predicted octanol–water partition coefficient (Wildman–Crippen LogP) is 1.80. The molecule has 8 nitrogen and oxygen atoms in total. The lowest BCUT2D eigenvalue weighted by molar-refractivity contribution is -0.131. The van der Waals surface area contributed by atoms with Crippen molar-refractivity contribution in [2.45, 2.75) is 53.8 Å². The third-order valence-corrected chi connectivity index (χ3v) is 5.45. The molecule has 0 radical (unpaired) electrons. The Morgan fingerprint density at radius 3 is 2.27 bits per heavy atom. The summed E-state index contributed by atoms with van der Waals surface area (Å²) >= 11 is 0. The van der Waals surface area contributed by atoms with Crippen LogP contribution in [0.1, 0.15) is 32.0 Å². The topological polar surface area (TPSA) is 82.1 Å². The molecule has 2 aromatic heterocycles. The zero-order valence-electron chi connectivity index (χ0n) is 18.1. The molecule has 0 atom stereocenters. The molecular weight excluding hydrogens is 382 g/mol. The number of fused-ring (bicyclic) bond motifs is 1. The summed E-state index contributed by atoms with van der Waals surface area (Å²) in [6.45, 7) is 9.23. The van der Waals surface area contributed by atoms with Gasteiger partial charge in [-0.25, -0.2) is 4.79 Å². The van der Waals surface area contributed by atoms with Crippen LogP contribution in [-0.2, 0) is 30.8 Å². The lowest BCUT2D eigenvalue weighted by Crippen LogP contribution is -2.44. The quantitative estimate of drug-likeness (QED) is 0.566. The maximum atomic E-state index is 13.3. The van der Waals surface area contributed by atoms with E-state index in [0.29, 0.717) is 42.8 Å². The van der Waals surface area contributed by atoms with Crippen molar-refractivity contribution in [3.63, 3.8) is 0 Å². The number of carbonyl (C=O) groups excluding carboxylic acids is 1. The van der Waals surface area contributed by atoms with Gasteiger partial charge in [0.25, 0.3) is 5.56 Å². The minimum atomic E-state index is -0.470. The summed E-state index contributed by atoms with van der Waals surface area (Å²) < 4.78 is 4.26. The number of aryl methyl sites for hydroxylation is 3. The Kier molecular flexibility index (Phi) is 6.54. The Bertz CT molecular complexity index is 1150. The third-order valence-electron chi connectivity index (χ3n) is 5.45. The zero-order chi connectivity index (χ0) is 21.8. The maximum Gasteiger partial charge on any atom is 0.332 e. The summed E-state index contributed by atoms with van der Waals surface area (Å²) in [5, 5.41) is 4.44. The van der Waals surface area contributed by atoms with E-state index in [1.54, 1.807) is 16.5 Å².